The first kappa shape index (κ1) is 20.2. The van der Waals surface area contributed by atoms with E-state index in [2.05, 4.69) is 5.32 Å². The molecule has 0 aliphatic carbocycles. The predicted molar refractivity (Wildman–Crippen MR) is 113 cm³/mol. The monoisotopic (exact) mass is 427 g/mol. The lowest BCUT2D eigenvalue weighted by Gasteiger charge is -2.12. The van der Waals surface area contributed by atoms with E-state index in [0.29, 0.717) is 34.5 Å². The molecule has 4 rings (SSSR count). The molecule has 0 saturated carbocycles. The number of rotatable bonds is 5. The number of ether oxygens (including phenoxy) is 1. The van der Waals surface area contributed by atoms with E-state index >= 15 is 0 Å². The highest BCUT2D eigenvalue weighted by atomic mass is 32.2. The Morgan fingerprint density at radius 1 is 1.20 bits per heavy atom. The molecule has 1 N–H and O–H groups in total. The number of benzene rings is 2. The Kier molecular flexibility index (Phi) is 5.34. The van der Waals surface area contributed by atoms with Crippen LogP contribution in [0.4, 0.5) is 0 Å². The van der Waals surface area contributed by atoms with E-state index in [-0.39, 0.29) is 29.6 Å². The molecule has 0 bridgehead atoms. The molecular formula is C22H21NO6S. The lowest BCUT2D eigenvalue weighted by molar-refractivity contribution is -0.123. The summed E-state index contributed by atoms with van der Waals surface area (Å²) in [5.74, 6) is 0.535. The van der Waals surface area contributed by atoms with Crippen LogP contribution in [0.15, 0.2) is 57.7 Å². The number of carbonyl (C=O) groups excluding carboxylic acids is 1. The highest BCUT2D eigenvalue weighted by Gasteiger charge is 2.28. The number of amides is 1. The van der Waals surface area contributed by atoms with Crippen molar-refractivity contribution in [1.29, 1.82) is 0 Å². The topological polar surface area (TPSA) is 103 Å². The molecule has 7 nitrogen and oxygen atoms in total. The Balaban J connectivity index is 1.50. The predicted octanol–water partition coefficient (Wildman–Crippen LogP) is 2.45. The average molecular weight is 427 g/mol. The van der Waals surface area contributed by atoms with Gasteiger partial charge >= 0.3 is 0 Å². The van der Waals surface area contributed by atoms with E-state index in [9.17, 15) is 18.0 Å². The standard InChI is InChI=1S/C22H21NO6S/c1-14-21(15-5-3-2-4-6-15)22(25)18-8-7-17(11-19(18)29-14)28-12-20(24)23-16-9-10-30(26,27)13-16/h2-8,11,16H,9-10,12-13H2,1H3,(H,23,24)/t16-/m0/s1. The molecule has 0 unspecified atom stereocenters. The number of aryl methyl sites for hydroxylation is 1. The van der Waals surface area contributed by atoms with Crippen LogP contribution >= 0.6 is 0 Å². The molecule has 156 valence electrons. The quantitative estimate of drug-likeness (QED) is 0.671. The van der Waals surface area contributed by atoms with Gasteiger partial charge in [-0.15, -0.1) is 0 Å². The molecule has 1 fully saturated rings. The zero-order valence-corrected chi connectivity index (χ0v) is 17.2. The number of fused-ring (bicyclic) bond motifs is 1. The smallest absolute Gasteiger partial charge is 0.258 e. The van der Waals surface area contributed by atoms with Crippen molar-refractivity contribution in [2.75, 3.05) is 18.1 Å². The molecule has 1 aromatic heterocycles. The van der Waals surface area contributed by atoms with Crippen LogP contribution in [-0.2, 0) is 14.6 Å². The van der Waals surface area contributed by atoms with Gasteiger partial charge in [0.1, 0.15) is 17.1 Å². The molecule has 1 amide bonds. The van der Waals surface area contributed by atoms with Crippen molar-refractivity contribution in [3.05, 3.63) is 64.5 Å². The number of carbonyl (C=O) groups is 1. The molecule has 1 aliphatic heterocycles. The molecule has 0 spiro atoms. The highest BCUT2D eigenvalue weighted by molar-refractivity contribution is 7.91. The molecule has 0 radical (unpaired) electrons. The van der Waals surface area contributed by atoms with E-state index in [0.717, 1.165) is 5.56 Å². The van der Waals surface area contributed by atoms with Gasteiger partial charge in [0.05, 0.1) is 22.5 Å². The maximum absolute atomic E-state index is 13.0. The van der Waals surface area contributed by atoms with Gasteiger partial charge in [0, 0.05) is 12.1 Å². The van der Waals surface area contributed by atoms with Crippen LogP contribution in [0.2, 0.25) is 0 Å². The molecule has 30 heavy (non-hydrogen) atoms. The average Bonchev–Trinajstić information content (AvgIpc) is 3.05. The first-order valence-corrected chi connectivity index (χ1v) is 11.4. The Labute approximate surface area is 173 Å². The maximum Gasteiger partial charge on any atom is 0.258 e. The van der Waals surface area contributed by atoms with Crippen molar-refractivity contribution >= 4 is 26.7 Å². The summed E-state index contributed by atoms with van der Waals surface area (Å²) in [5.41, 5.74) is 1.54. The van der Waals surface area contributed by atoms with Gasteiger partial charge in [-0.3, -0.25) is 9.59 Å². The Bertz CT molecular complexity index is 1260. The minimum atomic E-state index is -3.06. The Hall–Kier alpha value is -3.13. The van der Waals surface area contributed by atoms with Crippen LogP contribution in [0, 0.1) is 6.92 Å². The number of hydrogen-bond acceptors (Lipinski definition) is 6. The summed E-state index contributed by atoms with van der Waals surface area (Å²) < 4.78 is 34.3. The summed E-state index contributed by atoms with van der Waals surface area (Å²) in [4.78, 5) is 25.0. The first-order chi connectivity index (χ1) is 14.3. The van der Waals surface area contributed by atoms with Crippen LogP contribution in [-0.4, -0.2) is 38.5 Å². The second kappa shape index (κ2) is 7.95. The number of nitrogens with one attached hydrogen (secondary N) is 1. The van der Waals surface area contributed by atoms with Crippen LogP contribution in [0.3, 0.4) is 0 Å². The highest BCUT2D eigenvalue weighted by Crippen LogP contribution is 2.26. The summed E-state index contributed by atoms with van der Waals surface area (Å²) in [5, 5.41) is 3.09. The van der Waals surface area contributed by atoms with Gasteiger partial charge in [-0.05, 0) is 31.0 Å². The zero-order valence-electron chi connectivity index (χ0n) is 16.4. The van der Waals surface area contributed by atoms with E-state index < -0.39 is 15.7 Å². The normalized spacial score (nSPS) is 17.7. The Morgan fingerprint density at radius 2 is 1.97 bits per heavy atom. The summed E-state index contributed by atoms with van der Waals surface area (Å²) in [7, 11) is -3.06. The molecule has 2 aromatic carbocycles. The van der Waals surface area contributed by atoms with Gasteiger partial charge in [0.15, 0.2) is 16.4 Å². The molecule has 2 heterocycles. The molecule has 8 heteroatoms. The van der Waals surface area contributed by atoms with E-state index in [1.165, 1.54) is 0 Å². The maximum atomic E-state index is 13.0. The molecule has 3 aromatic rings. The molecule has 1 saturated heterocycles. The minimum Gasteiger partial charge on any atom is -0.484 e. The second-order valence-corrected chi connectivity index (χ2v) is 9.57. The van der Waals surface area contributed by atoms with Gasteiger partial charge < -0.3 is 14.5 Å². The van der Waals surface area contributed by atoms with Crippen molar-refractivity contribution in [2.45, 2.75) is 19.4 Å². The SMILES string of the molecule is Cc1oc2cc(OCC(=O)N[C@H]3CCS(=O)(=O)C3)ccc2c(=O)c1-c1ccccc1. The van der Waals surface area contributed by atoms with Gasteiger partial charge in [0.25, 0.3) is 5.91 Å². The van der Waals surface area contributed by atoms with Gasteiger partial charge in [-0.25, -0.2) is 8.42 Å². The molecule has 1 aliphatic rings. The molecular weight excluding hydrogens is 406 g/mol. The fourth-order valence-corrected chi connectivity index (χ4v) is 5.31. The van der Waals surface area contributed by atoms with E-state index in [1.807, 2.05) is 30.3 Å². The van der Waals surface area contributed by atoms with E-state index in [1.54, 1.807) is 25.1 Å². The van der Waals surface area contributed by atoms with Crippen molar-refractivity contribution in [3.63, 3.8) is 0 Å². The van der Waals surface area contributed by atoms with Crippen molar-refractivity contribution in [2.24, 2.45) is 0 Å². The first-order valence-electron chi connectivity index (χ1n) is 9.58. The number of sulfone groups is 1. The van der Waals surface area contributed by atoms with Crippen molar-refractivity contribution in [3.8, 4) is 16.9 Å². The lowest BCUT2D eigenvalue weighted by Crippen LogP contribution is -2.38. The third-order valence-corrected chi connectivity index (χ3v) is 6.84. The summed E-state index contributed by atoms with van der Waals surface area (Å²) in [6.07, 6.45) is 0.415. The van der Waals surface area contributed by atoms with Crippen LogP contribution in [0.25, 0.3) is 22.1 Å². The summed E-state index contributed by atoms with van der Waals surface area (Å²) in [6, 6.07) is 13.7. The minimum absolute atomic E-state index is 0.0388. The number of hydrogen-bond donors (Lipinski definition) is 1. The van der Waals surface area contributed by atoms with Crippen LogP contribution in [0.1, 0.15) is 12.2 Å². The van der Waals surface area contributed by atoms with Gasteiger partial charge in [-0.2, -0.15) is 0 Å². The Morgan fingerprint density at radius 3 is 2.67 bits per heavy atom. The fourth-order valence-electron chi connectivity index (χ4n) is 3.64. The summed E-state index contributed by atoms with van der Waals surface area (Å²) >= 11 is 0. The van der Waals surface area contributed by atoms with E-state index in [4.69, 9.17) is 9.15 Å². The van der Waals surface area contributed by atoms with Crippen LogP contribution < -0.4 is 15.5 Å². The lowest BCUT2D eigenvalue weighted by atomic mass is 10.0. The zero-order chi connectivity index (χ0) is 21.3. The van der Waals surface area contributed by atoms with Crippen molar-refractivity contribution < 1.29 is 22.4 Å². The largest absolute Gasteiger partial charge is 0.484 e. The van der Waals surface area contributed by atoms with Crippen LogP contribution in [0.5, 0.6) is 5.75 Å². The third-order valence-electron chi connectivity index (χ3n) is 5.07. The summed E-state index contributed by atoms with van der Waals surface area (Å²) in [6.45, 7) is 1.48. The fraction of sp³-hybridized carbons (Fsp3) is 0.273. The van der Waals surface area contributed by atoms with Gasteiger partial charge in [0.2, 0.25) is 5.43 Å². The van der Waals surface area contributed by atoms with Crippen molar-refractivity contribution in [1.82, 2.24) is 5.32 Å². The molecule has 1 atom stereocenters. The second-order valence-electron chi connectivity index (χ2n) is 7.34. The van der Waals surface area contributed by atoms with Gasteiger partial charge in [-0.1, -0.05) is 30.3 Å². The third kappa shape index (κ3) is 4.23.